The highest BCUT2D eigenvalue weighted by Gasteiger charge is 2.08. The maximum Gasteiger partial charge on any atom is 0.150 e. The standard InChI is InChI=1S/C17H12N2O/c20-12-13-5-6-16(14-3-1-7-18-10-14)17(9-13)15-4-2-8-19-11-15/h1-12H. The average Bonchev–Trinajstić information content (AvgIpc) is 2.56. The van der Waals surface area contributed by atoms with E-state index in [-0.39, 0.29) is 0 Å². The van der Waals surface area contributed by atoms with Gasteiger partial charge in [0.15, 0.2) is 0 Å². The maximum absolute atomic E-state index is 11.0. The Hall–Kier alpha value is -2.81. The summed E-state index contributed by atoms with van der Waals surface area (Å²) in [5.41, 5.74) is 4.67. The van der Waals surface area contributed by atoms with Gasteiger partial charge in [-0.1, -0.05) is 24.3 Å². The van der Waals surface area contributed by atoms with Crippen LogP contribution in [0.15, 0.2) is 67.3 Å². The zero-order valence-corrected chi connectivity index (χ0v) is 10.7. The van der Waals surface area contributed by atoms with Crippen LogP contribution in [0.4, 0.5) is 0 Å². The fourth-order valence-electron chi connectivity index (χ4n) is 2.17. The molecule has 0 saturated heterocycles. The number of rotatable bonds is 3. The minimum atomic E-state index is 0.650. The lowest BCUT2D eigenvalue weighted by atomic mass is 9.95. The third-order valence-electron chi connectivity index (χ3n) is 3.12. The van der Waals surface area contributed by atoms with Crippen LogP contribution in [0, 0.1) is 0 Å². The summed E-state index contributed by atoms with van der Waals surface area (Å²) in [7, 11) is 0. The Morgan fingerprint density at radius 2 is 1.45 bits per heavy atom. The van der Waals surface area contributed by atoms with Gasteiger partial charge in [0.1, 0.15) is 6.29 Å². The Kier molecular flexibility index (Phi) is 3.33. The first kappa shape index (κ1) is 12.2. The van der Waals surface area contributed by atoms with E-state index in [1.807, 2.05) is 48.7 Å². The van der Waals surface area contributed by atoms with E-state index in [9.17, 15) is 4.79 Å². The number of hydrogen-bond donors (Lipinski definition) is 0. The Balaban J connectivity index is 2.23. The molecule has 3 heteroatoms. The van der Waals surface area contributed by atoms with Gasteiger partial charge in [-0.15, -0.1) is 0 Å². The molecule has 0 aliphatic heterocycles. The number of carbonyl (C=O) groups excluding carboxylic acids is 1. The van der Waals surface area contributed by atoms with Gasteiger partial charge in [0.2, 0.25) is 0 Å². The summed E-state index contributed by atoms with van der Waals surface area (Å²) in [6, 6.07) is 13.4. The van der Waals surface area contributed by atoms with Crippen molar-refractivity contribution in [3.05, 3.63) is 72.8 Å². The first-order valence-electron chi connectivity index (χ1n) is 6.28. The van der Waals surface area contributed by atoms with Crippen molar-refractivity contribution in [2.45, 2.75) is 0 Å². The molecule has 3 rings (SSSR count). The maximum atomic E-state index is 11.0. The second-order valence-corrected chi connectivity index (χ2v) is 4.41. The normalized spacial score (nSPS) is 10.2. The van der Waals surface area contributed by atoms with E-state index in [0.717, 1.165) is 28.5 Å². The summed E-state index contributed by atoms with van der Waals surface area (Å²) in [6.45, 7) is 0. The van der Waals surface area contributed by atoms with Crippen molar-refractivity contribution < 1.29 is 4.79 Å². The monoisotopic (exact) mass is 260 g/mol. The van der Waals surface area contributed by atoms with Gasteiger partial charge in [-0.3, -0.25) is 14.8 Å². The number of pyridine rings is 2. The van der Waals surface area contributed by atoms with Gasteiger partial charge in [-0.2, -0.15) is 0 Å². The first-order valence-corrected chi connectivity index (χ1v) is 6.28. The van der Waals surface area contributed by atoms with E-state index in [4.69, 9.17) is 0 Å². The molecule has 3 aromatic rings. The molecule has 20 heavy (non-hydrogen) atoms. The Morgan fingerprint density at radius 3 is 2.00 bits per heavy atom. The number of carbonyl (C=O) groups is 1. The van der Waals surface area contributed by atoms with Gasteiger partial charge in [-0.05, 0) is 29.3 Å². The molecule has 3 nitrogen and oxygen atoms in total. The van der Waals surface area contributed by atoms with Gasteiger partial charge in [-0.25, -0.2) is 0 Å². The summed E-state index contributed by atoms with van der Waals surface area (Å²) in [4.78, 5) is 19.3. The highest BCUT2D eigenvalue weighted by molar-refractivity contribution is 5.87. The lowest BCUT2D eigenvalue weighted by molar-refractivity contribution is 0.112. The van der Waals surface area contributed by atoms with Crippen LogP contribution in [0.5, 0.6) is 0 Å². The molecule has 0 radical (unpaired) electrons. The number of aromatic nitrogens is 2. The number of nitrogens with zero attached hydrogens (tertiary/aromatic N) is 2. The van der Waals surface area contributed by atoms with E-state index in [0.29, 0.717) is 5.56 Å². The highest BCUT2D eigenvalue weighted by atomic mass is 16.1. The second-order valence-electron chi connectivity index (χ2n) is 4.41. The van der Waals surface area contributed by atoms with Gasteiger partial charge in [0, 0.05) is 41.5 Å². The van der Waals surface area contributed by atoms with Crippen LogP contribution in [0.2, 0.25) is 0 Å². The van der Waals surface area contributed by atoms with Crippen molar-refractivity contribution in [3.8, 4) is 22.3 Å². The smallest absolute Gasteiger partial charge is 0.150 e. The fourth-order valence-corrected chi connectivity index (χ4v) is 2.17. The third-order valence-corrected chi connectivity index (χ3v) is 3.12. The molecule has 0 fully saturated rings. The van der Waals surface area contributed by atoms with Gasteiger partial charge >= 0.3 is 0 Å². The van der Waals surface area contributed by atoms with E-state index >= 15 is 0 Å². The summed E-state index contributed by atoms with van der Waals surface area (Å²) < 4.78 is 0. The van der Waals surface area contributed by atoms with Gasteiger partial charge in [0.25, 0.3) is 0 Å². The zero-order valence-electron chi connectivity index (χ0n) is 10.7. The molecule has 0 bridgehead atoms. The SMILES string of the molecule is O=Cc1ccc(-c2cccnc2)c(-c2cccnc2)c1. The Bertz CT molecular complexity index is 724. The molecule has 2 aromatic heterocycles. The van der Waals surface area contributed by atoms with Gasteiger partial charge < -0.3 is 0 Å². The number of benzene rings is 1. The van der Waals surface area contributed by atoms with Gasteiger partial charge in [0.05, 0.1) is 0 Å². The molecule has 0 amide bonds. The van der Waals surface area contributed by atoms with Crippen molar-refractivity contribution >= 4 is 6.29 Å². The van der Waals surface area contributed by atoms with Crippen molar-refractivity contribution in [3.63, 3.8) is 0 Å². The summed E-state index contributed by atoms with van der Waals surface area (Å²) >= 11 is 0. The van der Waals surface area contributed by atoms with Crippen LogP contribution in [0.3, 0.4) is 0 Å². The first-order chi connectivity index (χ1) is 9.88. The minimum Gasteiger partial charge on any atom is -0.298 e. The molecule has 1 aromatic carbocycles. The van der Waals surface area contributed by atoms with Crippen molar-refractivity contribution in [1.29, 1.82) is 0 Å². The predicted octanol–water partition coefficient (Wildman–Crippen LogP) is 3.62. The largest absolute Gasteiger partial charge is 0.298 e. The molecule has 0 unspecified atom stereocenters. The molecular formula is C17H12N2O. The fraction of sp³-hybridized carbons (Fsp3) is 0. The molecule has 0 aliphatic carbocycles. The molecular weight excluding hydrogens is 248 g/mol. The topological polar surface area (TPSA) is 42.9 Å². The molecule has 0 atom stereocenters. The van der Waals surface area contributed by atoms with Crippen molar-refractivity contribution in [2.24, 2.45) is 0 Å². The number of hydrogen-bond acceptors (Lipinski definition) is 3. The lowest BCUT2D eigenvalue weighted by Gasteiger charge is -2.10. The van der Waals surface area contributed by atoms with E-state index < -0.39 is 0 Å². The van der Waals surface area contributed by atoms with E-state index in [2.05, 4.69) is 9.97 Å². The molecule has 96 valence electrons. The van der Waals surface area contributed by atoms with Crippen LogP contribution >= 0.6 is 0 Å². The molecule has 0 aliphatic rings. The Morgan fingerprint density at radius 1 is 0.800 bits per heavy atom. The average molecular weight is 260 g/mol. The molecule has 0 spiro atoms. The highest BCUT2D eigenvalue weighted by Crippen LogP contribution is 2.31. The minimum absolute atomic E-state index is 0.650. The zero-order chi connectivity index (χ0) is 13.8. The third kappa shape index (κ3) is 2.34. The van der Waals surface area contributed by atoms with Crippen molar-refractivity contribution in [1.82, 2.24) is 9.97 Å². The quantitative estimate of drug-likeness (QED) is 0.675. The van der Waals surface area contributed by atoms with Crippen molar-refractivity contribution in [2.75, 3.05) is 0 Å². The van der Waals surface area contributed by atoms with Crippen LogP contribution in [-0.2, 0) is 0 Å². The molecule has 0 saturated carbocycles. The lowest BCUT2D eigenvalue weighted by Crippen LogP contribution is -1.89. The Labute approximate surface area is 117 Å². The van der Waals surface area contributed by atoms with E-state index in [1.54, 1.807) is 18.6 Å². The van der Waals surface area contributed by atoms with E-state index in [1.165, 1.54) is 0 Å². The van der Waals surface area contributed by atoms with Crippen LogP contribution in [0.1, 0.15) is 10.4 Å². The summed E-state index contributed by atoms with van der Waals surface area (Å²) in [6.07, 6.45) is 7.94. The predicted molar refractivity (Wildman–Crippen MR) is 78.3 cm³/mol. The summed E-state index contributed by atoms with van der Waals surface area (Å²) in [5, 5.41) is 0. The summed E-state index contributed by atoms with van der Waals surface area (Å²) in [5.74, 6) is 0. The molecule has 0 N–H and O–H groups in total. The second kappa shape index (κ2) is 5.45. The van der Waals surface area contributed by atoms with Crippen LogP contribution < -0.4 is 0 Å². The van der Waals surface area contributed by atoms with Crippen LogP contribution in [-0.4, -0.2) is 16.3 Å². The van der Waals surface area contributed by atoms with Crippen LogP contribution in [0.25, 0.3) is 22.3 Å². The number of aldehydes is 1. The molecule has 2 heterocycles.